The highest BCUT2D eigenvalue weighted by Gasteiger charge is 2.41. The van der Waals surface area contributed by atoms with E-state index in [4.69, 9.17) is 0 Å². The highest BCUT2D eigenvalue weighted by Crippen LogP contribution is 2.35. The van der Waals surface area contributed by atoms with Gasteiger partial charge >= 0.3 is 0 Å². The van der Waals surface area contributed by atoms with Crippen molar-refractivity contribution in [2.24, 2.45) is 0 Å². The second-order valence-corrected chi connectivity index (χ2v) is 7.28. The van der Waals surface area contributed by atoms with E-state index in [2.05, 4.69) is 27.5 Å². The van der Waals surface area contributed by atoms with Crippen LogP contribution in [0.2, 0.25) is 0 Å². The summed E-state index contributed by atoms with van der Waals surface area (Å²) in [5, 5.41) is 6.82. The highest BCUT2D eigenvalue weighted by molar-refractivity contribution is 5.94. The van der Waals surface area contributed by atoms with Crippen LogP contribution < -0.4 is 10.6 Å². The van der Waals surface area contributed by atoms with E-state index in [0.29, 0.717) is 18.2 Å². The topological polar surface area (TPSA) is 54.0 Å². The van der Waals surface area contributed by atoms with Crippen LogP contribution in [0.1, 0.15) is 53.7 Å². The summed E-state index contributed by atoms with van der Waals surface area (Å²) in [6, 6.07) is 13.8. The van der Waals surface area contributed by atoms with Gasteiger partial charge in [0.05, 0.1) is 0 Å². The zero-order valence-electron chi connectivity index (χ0n) is 14.8. The first kappa shape index (κ1) is 16.8. The summed E-state index contributed by atoms with van der Waals surface area (Å²) in [5.41, 5.74) is 2.42. The Bertz CT molecular complexity index is 825. The maximum absolute atomic E-state index is 12.4. The van der Waals surface area contributed by atoms with Gasteiger partial charge in [0.2, 0.25) is 0 Å². The molecule has 2 aliphatic rings. The van der Waals surface area contributed by atoms with Gasteiger partial charge < -0.3 is 10.6 Å². The lowest BCUT2D eigenvalue weighted by atomic mass is 9.76. The molecule has 26 heavy (non-hydrogen) atoms. The highest BCUT2D eigenvalue weighted by atomic mass is 16.1. The fourth-order valence-electron chi connectivity index (χ4n) is 3.27. The minimum absolute atomic E-state index is 0.0156. The van der Waals surface area contributed by atoms with Gasteiger partial charge in [-0.05, 0) is 74.4 Å². The molecule has 2 aliphatic carbocycles. The van der Waals surface area contributed by atoms with E-state index in [1.54, 1.807) is 6.20 Å². The second kappa shape index (κ2) is 7.31. The van der Waals surface area contributed by atoms with Crippen molar-refractivity contribution < 1.29 is 4.79 Å². The summed E-state index contributed by atoms with van der Waals surface area (Å²) in [6.45, 7) is 0.712. The number of hydrogen-bond donors (Lipinski definition) is 2. The quantitative estimate of drug-likeness (QED) is 0.820. The molecule has 1 aromatic heterocycles. The maximum atomic E-state index is 12.4. The molecule has 2 fully saturated rings. The van der Waals surface area contributed by atoms with E-state index >= 15 is 0 Å². The normalized spacial score (nSPS) is 17.5. The molecule has 1 aromatic carbocycles. The minimum atomic E-state index is -0.0156. The van der Waals surface area contributed by atoms with Crippen LogP contribution in [0.15, 0.2) is 48.7 Å². The number of benzene rings is 1. The van der Waals surface area contributed by atoms with Gasteiger partial charge in [0.25, 0.3) is 5.91 Å². The van der Waals surface area contributed by atoms with Crippen LogP contribution >= 0.6 is 0 Å². The van der Waals surface area contributed by atoms with Gasteiger partial charge in [0.15, 0.2) is 0 Å². The number of nitrogens with zero attached hydrogens (tertiary/aromatic N) is 1. The second-order valence-electron chi connectivity index (χ2n) is 7.28. The predicted octanol–water partition coefficient (Wildman–Crippen LogP) is 2.89. The van der Waals surface area contributed by atoms with Crippen molar-refractivity contribution >= 4 is 5.91 Å². The third-order valence-corrected chi connectivity index (χ3v) is 5.13. The van der Waals surface area contributed by atoms with Crippen LogP contribution in [0.4, 0.5) is 0 Å². The Kier molecular flexibility index (Phi) is 4.73. The molecule has 0 aliphatic heterocycles. The number of carbonyl (C=O) groups excluding carboxylic acids is 1. The summed E-state index contributed by atoms with van der Waals surface area (Å²) >= 11 is 0. The zero-order valence-corrected chi connectivity index (χ0v) is 14.8. The Morgan fingerprint density at radius 3 is 2.54 bits per heavy atom. The molecule has 2 saturated carbocycles. The Balaban J connectivity index is 1.34. The molecule has 0 bridgehead atoms. The fourth-order valence-corrected chi connectivity index (χ4v) is 3.27. The van der Waals surface area contributed by atoms with Gasteiger partial charge in [-0.15, -0.1) is 0 Å². The molecule has 0 radical (unpaired) electrons. The molecular weight excluding hydrogens is 322 g/mol. The Morgan fingerprint density at radius 2 is 1.92 bits per heavy atom. The molecular formula is C22H23N3O. The van der Waals surface area contributed by atoms with Gasteiger partial charge in [0.1, 0.15) is 5.69 Å². The molecule has 4 heteroatoms. The number of aromatic nitrogens is 1. The van der Waals surface area contributed by atoms with Crippen molar-refractivity contribution in [3.63, 3.8) is 0 Å². The molecule has 1 heterocycles. The van der Waals surface area contributed by atoms with E-state index in [-0.39, 0.29) is 11.4 Å². The number of hydrogen-bond acceptors (Lipinski definition) is 3. The van der Waals surface area contributed by atoms with Gasteiger partial charge in [-0.25, -0.2) is 4.98 Å². The van der Waals surface area contributed by atoms with Crippen LogP contribution in [0, 0.1) is 11.8 Å². The first-order valence-electron chi connectivity index (χ1n) is 9.32. The summed E-state index contributed by atoms with van der Waals surface area (Å²) < 4.78 is 0. The first-order chi connectivity index (χ1) is 12.7. The summed E-state index contributed by atoms with van der Waals surface area (Å²) in [7, 11) is 0. The summed E-state index contributed by atoms with van der Waals surface area (Å²) in [4.78, 5) is 16.6. The van der Waals surface area contributed by atoms with Gasteiger partial charge in [-0.2, -0.15) is 0 Å². The van der Waals surface area contributed by atoms with Crippen molar-refractivity contribution in [1.29, 1.82) is 0 Å². The molecule has 0 atom stereocenters. The Hall–Kier alpha value is -2.64. The van der Waals surface area contributed by atoms with E-state index in [1.165, 1.54) is 19.3 Å². The van der Waals surface area contributed by atoms with E-state index in [9.17, 15) is 4.79 Å². The SMILES string of the molecule is O=C(NCC1(NC2CC2)CCC1)c1ccc(C#Cc2ccccn2)cc1. The van der Waals surface area contributed by atoms with Gasteiger partial charge in [-0.1, -0.05) is 12.0 Å². The predicted molar refractivity (Wildman–Crippen MR) is 102 cm³/mol. The summed E-state index contributed by atoms with van der Waals surface area (Å²) in [6.07, 6.45) is 7.84. The third kappa shape index (κ3) is 4.12. The van der Waals surface area contributed by atoms with E-state index < -0.39 is 0 Å². The maximum Gasteiger partial charge on any atom is 0.251 e. The fraction of sp³-hybridized carbons (Fsp3) is 0.364. The van der Waals surface area contributed by atoms with Crippen LogP contribution in [0.3, 0.4) is 0 Å². The lowest BCUT2D eigenvalue weighted by Crippen LogP contribution is -2.58. The first-order valence-corrected chi connectivity index (χ1v) is 9.32. The molecule has 1 amide bonds. The minimum Gasteiger partial charge on any atom is -0.350 e. The average Bonchev–Trinajstić information content (AvgIpc) is 3.47. The Morgan fingerprint density at radius 1 is 1.12 bits per heavy atom. The zero-order chi connectivity index (χ0) is 17.8. The Labute approximate surface area is 154 Å². The number of nitrogens with one attached hydrogen (secondary N) is 2. The van der Waals surface area contributed by atoms with Crippen LogP contribution in [-0.4, -0.2) is 29.0 Å². The smallest absolute Gasteiger partial charge is 0.251 e. The molecule has 4 rings (SSSR count). The van der Waals surface area contributed by atoms with E-state index in [0.717, 1.165) is 24.1 Å². The monoisotopic (exact) mass is 345 g/mol. The van der Waals surface area contributed by atoms with Crippen molar-refractivity contribution in [1.82, 2.24) is 15.6 Å². The molecule has 4 nitrogen and oxygen atoms in total. The molecule has 2 aromatic rings. The molecule has 0 spiro atoms. The van der Waals surface area contributed by atoms with Crippen molar-refractivity contribution in [3.8, 4) is 11.8 Å². The number of pyridine rings is 1. The van der Waals surface area contributed by atoms with Crippen molar-refractivity contribution in [3.05, 3.63) is 65.5 Å². The van der Waals surface area contributed by atoms with E-state index in [1.807, 2.05) is 42.5 Å². The summed E-state index contributed by atoms with van der Waals surface area (Å²) in [5.74, 6) is 6.08. The molecule has 0 saturated heterocycles. The lowest BCUT2D eigenvalue weighted by molar-refractivity contribution is 0.0911. The molecule has 0 unspecified atom stereocenters. The van der Waals surface area contributed by atoms with Crippen LogP contribution in [0.5, 0.6) is 0 Å². The van der Waals surface area contributed by atoms with Crippen LogP contribution in [0.25, 0.3) is 0 Å². The van der Waals surface area contributed by atoms with Gasteiger partial charge in [-0.3, -0.25) is 4.79 Å². The molecule has 132 valence electrons. The third-order valence-electron chi connectivity index (χ3n) is 5.13. The van der Waals surface area contributed by atoms with Crippen LogP contribution in [-0.2, 0) is 0 Å². The average molecular weight is 345 g/mol. The number of rotatable bonds is 5. The lowest BCUT2D eigenvalue weighted by Gasteiger charge is -2.43. The van der Waals surface area contributed by atoms with Crippen molar-refractivity contribution in [2.75, 3.05) is 6.54 Å². The molecule has 2 N–H and O–H groups in total. The van der Waals surface area contributed by atoms with Crippen molar-refractivity contribution in [2.45, 2.75) is 43.7 Å². The largest absolute Gasteiger partial charge is 0.350 e. The standard InChI is InChI=1S/C22H23N3O/c26-21(24-16-22(13-3-14-22)25-20-11-12-20)18-8-5-17(6-9-18)7-10-19-4-1-2-15-23-19/h1-2,4-6,8-9,15,20,25H,3,11-14,16H2,(H,24,26). The van der Waals surface area contributed by atoms with Gasteiger partial charge in [0, 0.05) is 35.4 Å². The number of carbonyl (C=O) groups is 1. The number of amides is 1.